The lowest BCUT2D eigenvalue weighted by Crippen LogP contribution is -2.50. The van der Waals surface area contributed by atoms with Gasteiger partial charge in [0.1, 0.15) is 23.1 Å². The topological polar surface area (TPSA) is 148 Å². The average molecular weight is 575 g/mol. The number of aromatic nitrogens is 7. The first kappa shape index (κ1) is 27.8. The molecule has 4 aromatic heterocycles. The minimum absolute atomic E-state index is 0.0953. The van der Waals surface area contributed by atoms with Gasteiger partial charge in [0.05, 0.1) is 18.4 Å². The van der Waals surface area contributed by atoms with Crippen LogP contribution in [0.1, 0.15) is 73.6 Å². The molecule has 2 aliphatic rings. The normalized spacial score (nSPS) is 20.8. The fraction of sp³-hybridized carbons (Fsp3) is 0.448. The smallest absolute Gasteiger partial charge is 0.252 e. The number of nitrogens with one attached hydrogen (secondary N) is 4. The van der Waals surface area contributed by atoms with Crippen LogP contribution in [0, 0.1) is 12.7 Å². The summed E-state index contributed by atoms with van der Waals surface area (Å²) in [7, 11) is 1.59. The van der Waals surface area contributed by atoms with Crippen molar-refractivity contribution in [3.05, 3.63) is 65.3 Å². The number of ether oxygens (including phenoxy) is 1. The molecule has 1 saturated carbocycles. The number of carbonyl (C=O) groups excluding carboxylic acids is 1. The Morgan fingerprint density at radius 2 is 2.07 bits per heavy atom. The molecule has 0 aromatic carbocycles. The molecule has 13 heteroatoms. The zero-order valence-corrected chi connectivity index (χ0v) is 23.9. The van der Waals surface area contributed by atoms with E-state index in [0.717, 1.165) is 65.7 Å². The monoisotopic (exact) mass is 574 g/mol. The largest absolute Gasteiger partial charge is 0.370 e. The number of nitrogens with zero attached hydrogens (tertiary/aromatic N) is 6. The van der Waals surface area contributed by atoms with Crippen molar-refractivity contribution in [3.8, 4) is 5.82 Å². The third-order valence-corrected chi connectivity index (χ3v) is 8.24. The molecule has 0 bridgehead atoms. The molecule has 0 saturated heterocycles. The summed E-state index contributed by atoms with van der Waals surface area (Å²) in [6.45, 7) is 4.74. The Bertz CT molecular complexity index is 1560. The zero-order valence-electron chi connectivity index (χ0n) is 23.9. The number of methoxy groups -OCH3 is 1. The lowest BCUT2D eigenvalue weighted by Gasteiger charge is -2.38. The highest BCUT2D eigenvalue weighted by molar-refractivity contribution is 5.85. The van der Waals surface area contributed by atoms with Gasteiger partial charge in [0.2, 0.25) is 0 Å². The predicted octanol–water partition coefficient (Wildman–Crippen LogP) is 4.25. The van der Waals surface area contributed by atoms with Crippen LogP contribution in [0.5, 0.6) is 0 Å². The van der Waals surface area contributed by atoms with Crippen molar-refractivity contribution in [1.29, 1.82) is 0 Å². The average Bonchev–Trinajstić information content (AvgIpc) is 3.64. The van der Waals surface area contributed by atoms with E-state index in [0.29, 0.717) is 31.5 Å². The molecule has 0 unspecified atom stereocenters. The summed E-state index contributed by atoms with van der Waals surface area (Å²) in [5.74, 6) is 3.13. The summed E-state index contributed by atoms with van der Waals surface area (Å²) in [5, 5.41) is 21.1. The summed E-state index contributed by atoms with van der Waals surface area (Å²) < 4.78 is 20.6. The van der Waals surface area contributed by atoms with E-state index in [4.69, 9.17) is 14.7 Å². The van der Waals surface area contributed by atoms with Gasteiger partial charge in [-0.25, -0.2) is 24.0 Å². The van der Waals surface area contributed by atoms with Gasteiger partial charge in [-0.15, -0.1) is 0 Å². The van der Waals surface area contributed by atoms with E-state index in [2.05, 4.69) is 36.2 Å². The van der Waals surface area contributed by atoms with E-state index in [1.54, 1.807) is 19.4 Å². The standard InChI is InChI=1S/C29H35FN10O2/c1-17-13-23(39-38-17)35-27-22-5-4-12-31-26(22)36-25(37-27)19-8-10-29(42-3,11-9-19)28(41)34-18(2)20-6-7-24(32-14-20)40-16-21(30)15-33-40/h6-7,13-16,18-19H,4-5,8-12H2,1-3H3,(H,34,41)(H3,31,35,36,37,38,39)/t18-,19-,29+/m0/s1. The van der Waals surface area contributed by atoms with Crippen LogP contribution in [0.2, 0.25) is 0 Å². The fourth-order valence-corrected chi connectivity index (χ4v) is 5.74. The first-order valence-corrected chi connectivity index (χ1v) is 14.3. The second-order valence-electron chi connectivity index (χ2n) is 11.1. The quantitative estimate of drug-likeness (QED) is 0.242. The number of amides is 1. The van der Waals surface area contributed by atoms with Gasteiger partial charge in [-0.2, -0.15) is 10.2 Å². The van der Waals surface area contributed by atoms with Crippen molar-refractivity contribution < 1.29 is 13.9 Å². The van der Waals surface area contributed by atoms with Crippen molar-refractivity contribution in [2.45, 2.75) is 69.9 Å². The third-order valence-electron chi connectivity index (χ3n) is 8.24. The fourth-order valence-electron chi connectivity index (χ4n) is 5.74. The number of carbonyl (C=O) groups is 1. The summed E-state index contributed by atoms with van der Waals surface area (Å²) in [4.78, 5) is 27.8. The maximum atomic E-state index is 13.5. The van der Waals surface area contributed by atoms with Crippen LogP contribution in [0.3, 0.4) is 0 Å². The minimum Gasteiger partial charge on any atom is -0.370 e. The minimum atomic E-state index is -0.940. The third kappa shape index (κ3) is 5.56. The van der Waals surface area contributed by atoms with Crippen LogP contribution >= 0.6 is 0 Å². The maximum absolute atomic E-state index is 13.5. The number of anilines is 3. The molecule has 1 atom stereocenters. The molecule has 4 aromatic rings. The summed E-state index contributed by atoms with van der Waals surface area (Å²) in [6, 6.07) is 5.24. The van der Waals surface area contributed by atoms with Gasteiger partial charge in [-0.05, 0) is 64.0 Å². The van der Waals surface area contributed by atoms with Crippen molar-refractivity contribution in [2.24, 2.45) is 0 Å². The Kier molecular flexibility index (Phi) is 7.58. The van der Waals surface area contributed by atoms with Crippen molar-refractivity contribution in [1.82, 2.24) is 40.2 Å². The Morgan fingerprint density at radius 1 is 1.24 bits per heavy atom. The van der Waals surface area contributed by atoms with E-state index < -0.39 is 11.4 Å². The van der Waals surface area contributed by atoms with E-state index in [9.17, 15) is 9.18 Å². The van der Waals surface area contributed by atoms with Crippen molar-refractivity contribution >= 4 is 23.4 Å². The van der Waals surface area contributed by atoms with E-state index in [1.807, 2.05) is 26.0 Å². The van der Waals surface area contributed by atoms with Crippen LogP contribution in [-0.4, -0.2) is 60.1 Å². The van der Waals surface area contributed by atoms with Gasteiger partial charge in [0, 0.05) is 43.1 Å². The summed E-state index contributed by atoms with van der Waals surface area (Å²) >= 11 is 0. The first-order valence-electron chi connectivity index (χ1n) is 14.3. The van der Waals surface area contributed by atoms with Gasteiger partial charge >= 0.3 is 0 Å². The summed E-state index contributed by atoms with van der Waals surface area (Å²) in [5.41, 5.74) is 1.92. The van der Waals surface area contributed by atoms with Gasteiger partial charge < -0.3 is 20.7 Å². The number of pyridine rings is 1. The maximum Gasteiger partial charge on any atom is 0.252 e. The molecule has 5 heterocycles. The van der Waals surface area contributed by atoms with E-state index >= 15 is 0 Å². The number of hydrogen-bond donors (Lipinski definition) is 4. The SMILES string of the molecule is CO[C@]1(C(=O)N[C@@H](C)c2ccc(-n3cc(F)cn3)nc2)CC[C@H](c2nc3c(c(Nc4cc(C)[nH]n4)n2)CCCN3)CC1. The van der Waals surface area contributed by atoms with Gasteiger partial charge in [-0.3, -0.25) is 9.89 Å². The number of aromatic amines is 1. The van der Waals surface area contributed by atoms with Crippen molar-refractivity contribution in [2.75, 3.05) is 24.3 Å². The number of aryl methyl sites for hydroxylation is 1. The molecule has 0 spiro atoms. The Morgan fingerprint density at radius 3 is 2.74 bits per heavy atom. The predicted molar refractivity (Wildman–Crippen MR) is 154 cm³/mol. The number of fused-ring (bicyclic) bond motifs is 1. The first-order chi connectivity index (χ1) is 20.3. The molecule has 4 N–H and O–H groups in total. The highest BCUT2D eigenvalue weighted by Crippen LogP contribution is 2.41. The number of rotatable bonds is 8. The molecule has 1 aliphatic heterocycles. The molecule has 1 amide bonds. The van der Waals surface area contributed by atoms with Crippen LogP contribution < -0.4 is 16.0 Å². The lowest BCUT2D eigenvalue weighted by atomic mass is 9.77. The Labute approximate surface area is 242 Å². The van der Waals surface area contributed by atoms with Gasteiger partial charge in [0.25, 0.3) is 5.91 Å². The van der Waals surface area contributed by atoms with E-state index in [-0.39, 0.29) is 17.9 Å². The molecule has 42 heavy (non-hydrogen) atoms. The molecule has 12 nitrogen and oxygen atoms in total. The molecule has 0 radical (unpaired) electrons. The number of hydrogen-bond acceptors (Lipinski definition) is 9. The lowest BCUT2D eigenvalue weighted by molar-refractivity contribution is -0.148. The second-order valence-corrected chi connectivity index (χ2v) is 11.1. The second kappa shape index (κ2) is 11.5. The number of H-pyrrole nitrogens is 1. The van der Waals surface area contributed by atoms with Crippen LogP contribution in [-0.2, 0) is 16.0 Å². The van der Waals surface area contributed by atoms with Crippen molar-refractivity contribution in [3.63, 3.8) is 0 Å². The van der Waals surface area contributed by atoms with E-state index in [1.165, 1.54) is 10.9 Å². The molecule has 1 fully saturated rings. The van der Waals surface area contributed by atoms with Crippen LogP contribution in [0.4, 0.5) is 21.8 Å². The summed E-state index contributed by atoms with van der Waals surface area (Å²) in [6.07, 6.45) is 8.48. The highest BCUT2D eigenvalue weighted by atomic mass is 19.1. The molecular weight excluding hydrogens is 539 g/mol. The molecule has 1 aliphatic carbocycles. The van der Waals surface area contributed by atoms with Gasteiger partial charge in [0.15, 0.2) is 17.5 Å². The molecule has 6 rings (SSSR count). The molecular formula is C29H35FN10O2. The van der Waals surface area contributed by atoms with Gasteiger partial charge in [-0.1, -0.05) is 6.07 Å². The van der Waals surface area contributed by atoms with Crippen LogP contribution in [0.25, 0.3) is 5.82 Å². The van der Waals surface area contributed by atoms with Crippen LogP contribution in [0.15, 0.2) is 36.8 Å². The Balaban J connectivity index is 1.13. The Hall–Kier alpha value is -4.39. The number of halogens is 1. The zero-order chi connectivity index (χ0) is 29.3. The highest BCUT2D eigenvalue weighted by Gasteiger charge is 2.43. The molecule has 220 valence electrons.